The molecular weight excluding hydrogens is 336 g/mol. The molecule has 0 radical (unpaired) electrons. The van der Waals surface area contributed by atoms with Gasteiger partial charge in [-0.2, -0.15) is 0 Å². The molecular formula is C19H30N2O3S. The Labute approximate surface area is 151 Å². The van der Waals surface area contributed by atoms with Gasteiger partial charge in [-0.15, -0.1) is 0 Å². The Hall–Kier alpha value is -1.40. The summed E-state index contributed by atoms with van der Waals surface area (Å²) in [4.78, 5) is 12.2. The van der Waals surface area contributed by atoms with Crippen molar-refractivity contribution in [2.75, 3.05) is 6.54 Å². The third-order valence-electron chi connectivity index (χ3n) is 4.65. The van der Waals surface area contributed by atoms with Crippen molar-refractivity contribution < 1.29 is 13.2 Å². The van der Waals surface area contributed by atoms with Crippen LogP contribution in [0.4, 0.5) is 0 Å². The highest BCUT2D eigenvalue weighted by molar-refractivity contribution is 7.89. The summed E-state index contributed by atoms with van der Waals surface area (Å²) in [5, 5.41) is 3.00. The number of hydrogen-bond donors (Lipinski definition) is 2. The van der Waals surface area contributed by atoms with Crippen molar-refractivity contribution >= 4 is 15.9 Å². The lowest BCUT2D eigenvalue weighted by molar-refractivity contribution is -0.121. The number of amides is 1. The molecule has 1 fully saturated rings. The fraction of sp³-hybridized carbons (Fsp3) is 0.632. The molecule has 1 amide bonds. The number of carbonyl (C=O) groups excluding carboxylic acids is 1. The molecule has 0 aromatic heterocycles. The molecule has 25 heavy (non-hydrogen) atoms. The first-order chi connectivity index (χ1) is 11.7. The van der Waals surface area contributed by atoms with E-state index in [0.717, 1.165) is 31.2 Å². The van der Waals surface area contributed by atoms with Crippen LogP contribution < -0.4 is 10.0 Å². The zero-order chi connectivity index (χ0) is 18.5. The SMILES string of the molecule is CC(C)(C)c1ccc(S(=O)(=O)NCCC(=O)NC2CCCCC2)cc1. The van der Waals surface area contributed by atoms with E-state index in [2.05, 4.69) is 30.8 Å². The highest BCUT2D eigenvalue weighted by atomic mass is 32.2. The minimum atomic E-state index is -3.58. The predicted octanol–water partition coefficient (Wildman–Crippen LogP) is 3.10. The van der Waals surface area contributed by atoms with Crippen molar-refractivity contribution in [3.05, 3.63) is 29.8 Å². The molecule has 1 saturated carbocycles. The van der Waals surface area contributed by atoms with Crippen molar-refractivity contribution in [1.82, 2.24) is 10.0 Å². The Bertz CT molecular complexity index is 670. The number of hydrogen-bond acceptors (Lipinski definition) is 3. The summed E-state index contributed by atoms with van der Waals surface area (Å²) in [5.74, 6) is -0.0855. The van der Waals surface area contributed by atoms with Crippen molar-refractivity contribution in [2.45, 2.75) is 75.6 Å². The Balaban J connectivity index is 1.83. The number of nitrogens with one attached hydrogen (secondary N) is 2. The molecule has 5 nitrogen and oxygen atoms in total. The summed E-state index contributed by atoms with van der Waals surface area (Å²) in [6, 6.07) is 7.16. The average Bonchev–Trinajstić information content (AvgIpc) is 2.55. The number of sulfonamides is 1. The minimum Gasteiger partial charge on any atom is -0.353 e. The van der Waals surface area contributed by atoms with Crippen molar-refractivity contribution in [3.8, 4) is 0 Å². The highest BCUT2D eigenvalue weighted by Crippen LogP contribution is 2.23. The molecule has 0 unspecified atom stereocenters. The molecule has 2 rings (SSSR count). The molecule has 1 aliphatic rings. The molecule has 0 bridgehead atoms. The molecule has 0 saturated heterocycles. The van der Waals surface area contributed by atoms with Crippen LogP contribution in [0.25, 0.3) is 0 Å². The molecule has 0 atom stereocenters. The van der Waals surface area contributed by atoms with Gasteiger partial charge < -0.3 is 5.32 Å². The van der Waals surface area contributed by atoms with Crippen LogP contribution in [0, 0.1) is 0 Å². The monoisotopic (exact) mass is 366 g/mol. The van der Waals surface area contributed by atoms with E-state index in [9.17, 15) is 13.2 Å². The minimum absolute atomic E-state index is 0.0209. The van der Waals surface area contributed by atoms with Crippen LogP contribution in [-0.4, -0.2) is 26.9 Å². The molecule has 6 heteroatoms. The largest absolute Gasteiger partial charge is 0.353 e. The summed E-state index contributed by atoms with van der Waals surface area (Å²) in [6.07, 6.45) is 5.76. The number of rotatable bonds is 6. The summed E-state index contributed by atoms with van der Waals surface area (Å²) < 4.78 is 27.2. The van der Waals surface area contributed by atoms with Crippen LogP contribution in [0.2, 0.25) is 0 Å². The quantitative estimate of drug-likeness (QED) is 0.812. The first-order valence-electron chi connectivity index (χ1n) is 9.08. The maximum Gasteiger partial charge on any atom is 0.240 e. The second-order valence-electron chi connectivity index (χ2n) is 7.82. The molecule has 0 heterocycles. The third kappa shape index (κ3) is 6.12. The Kier molecular flexibility index (Phi) is 6.63. The standard InChI is InChI=1S/C19H30N2O3S/c1-19(2,3)15-9-11-17(12-10-15)25(23,24)20-14-13-18(22)21-16-7-5-4-6-8-16/h9-12,16,20H,4-8,13-14H2,1-3H3,(H,21,22). The van der Waals surface area contributed by atoms with Crippen molar-refractivity contribution in [2.24, 2.45) is 0 Å². The second-order valence-corrected chi connectivity index (χ2v) is 9.59. The normalized spacial score (nSPS) is 16.6. The van der Waals surface area contributed by atoms with E-state index in [1.807, 2.05) is 12.1 Å². The first kappa shape index (κ1) is 19.9. The fourth-order valence-electron chi connectivity index (χ4n) is 3.06. The maximum atomic E-state index is 12.3. The van der Waals surface area contributed by atoms with E-state index in [-0.39, 0.29) is 35.2 Å². The van der Waals surface area contributed by atoms with Gasteiger partial charge in [0.25, 0.3) is 0 Å². The lowest BCUT2D eigenvalue weighted by Gasteiger charge is -2.22. The van der Waals surface area contributed by atoms with Gasteiger partial charge in [-0.3, -0.25) is 4.79 Å². The van der Waals surface area contributed by atoms with Gasteiger partial charge in [0.2, 0.25) is 15.9 Å². The van der Waals surface area contributed by atoms with Crippen LogP contribution in [0.3, 0.4) is 0 Å². The van der Waals surface area contributed by atoms with Gasteiger partial charge in [0, 0.05) is 19.0 Å². The van der Waals surface area contributed by atoms with E-state index >= 15 is 0 Å². The van der Waals surface area contributed by atoms with Crippen LogP contribution in [0.1, 0.15) is 64.9 Å². The van der Waals surface area contributed by atoms with Gasteiger partial charge >= 0.3 is 0 Å². The molecule has 140 valence electrons. The van der Waals surface area contributed by atoms with E-state index in [1.54, 1.807) is 12.1 Å². The van der Waals surface area contributed by atoms with Crippen LogP contribution in [0.15, 0.2) is 29.2 Å². The fourth-order valence-corrected chi connectivity index (χ4v) is 4.09. The molecule has 2 N–H and O–H groups in total. The zero-order valence-electron chi connectivity index (χ0n) is 15.5. The lowest BCUT2D eigenvalue weighted by atomic mass is 9.87. The maximum absolute atomic E-state index is 12.3. The van der Waals surface area contributed by atoms with E-state index in [0.29, 0.717) is 0 Å². The van der Waals surface area contributed by atoms with Gasteiger partial charge in [-0.05, 0) is 36.0 Å². The predicted molar refractivity (Wildman–Crippen MR) is 100.0 cm³/mol. The zero-order valence-corrected chi connectivity index (χ0v) is 16.3. The first-order valence-corrected chi connectivity index (χ1v) is 10.6. The Morgan fingerprint density at radius 2 is 1.68 bits per heavy atom. The third-order valence-corrected chi connectivity index (χ3v) is 6.12. The van der Waals surface area contributed by atoms with Gasteiger partial charge in [-0.25, -0.2) is 13.1 Å². The van der Waals surface area contributed by atoms with Gasteiger partial charge in [0.1, 0.15) is 0 Å². The van der Waals surface area contributed by atoms with Crippen LogP contribution in [-0.2, 0) is 20.2 Å². The van der Waals surface area contributed by atoms with E-state index in [1.165, 1.54) is 6.42 Å². The van der Waals surface area contributed by atoms with Crippen LogP contribution >= 0.6 is 0 Å². The molecule has 1 aromatic rings. The summed E-state index contributed by atoms with van der Waals surface area (Å²) in [6.45, 7) is 6.36. The molecule has 0 aliphatic heterocycles. The van der Waals surface area contributed by atoms with Crippen molar-refractivity contribution in [3.63, 3.8) is 0 Å². The highest BCUT2D eigenvalue weighted by Gasteiger charge is 2.19. The number of carbonyl (C=O) groups is 1. The second kappa shape index (κ2) is 8.32. The summed E-state index contributed by atoms with van der Waals surface area (Å²) in [5.41, 5.74) is 1.06. The molecule has 1 aliphatic carbocycles. The van der Waals surface area contributed by atoms with E-state index < -0.39 is 10.0 Å². The number of benzene rings is 1. The lowest BCUT2D eigenvalue weighted by Crippen LogP contribution is -2.38. The smallest absolute Gasteiger partial charge is 0.240 e. The molecule has 1 aromatic carbocycles. The Morgan fingerprint density at radius 1 is 1.08 bits per heavy atom. The summed E-state index contributed by atoms with van der Waals surface area (Å²) in [7, 11) is -3.58. The van der Waals surface area contributed by atoms with Gasteiger partial charge in [0.05, 0.1) is 4.90 Å². The van der Waals surface area contributed by atoms with Gasteiger partial charge in [0.15, 0.2) is 0 Å². The van der Waals surface area contributed by atoms with E-state index in [4.69, 9.17) is 0 Å². The van der Waals surface area contributed by atoms with Crippen molar-refractivity contribution in [1.29, 1.82) is 0 Å². The van der Waals surface area contributed by atoms with Crippen LogP contribution in [0.5, 0.6) is 0 Å². The topological polar surface area (TPSA) is 75.3 Å². The average molecular weight is 367 g/mol. The Morgan fingerprint density at radius 3 is 2.24 bits per heavy atom. The molecule has 0 spiro atoms. The van der Waals surface area contributed by atoms with Gasteiger partial charge in [-0.1, -0.05) is 52.2 Å². The summed E-state index contributed by atoms with van der Waals surface area (Å²) >= 11 is 0.